The number of benzene rings is 1. The van der Waals surface area contributed by atoms with E-state index in [9.17, 15) is 9.59 Å². The van der Waals surface area contributed by atoms with Crippen molar-refractivity contribution in [2.45, 2.75) is 13.8 Å². The maximum Gasteiger partial charge on any atom is 0.323 e. The zero-order valence-corrected chi connectivity index (χ0v) is 11.5. The van der Waals surface area contributed by atoms with Crippen LogP contribution >= 0.6 is 15.9 Å². The maximum atomic E-state index is 11.9. The Morgan fingerprint density at radius 2 is 1.89 bits per heavy atom. The molecule has 0 aliphatic carbocycles. The molecule has 94 valence electrons. The van der Waals surface area contributed by atoms with Gasteiger partial charge < -0.3 is 15.3 Å². The van der Waals surface area contributed by atoms with Crippen LogP contribution in [0.5, 0.6) is 0 Å². The smallest absolute Gasteiger partial charge is 0.320 e. The van der Waals surface area contributed by atoms with E-state index in [1.165, 1.54) is 6.20 Å². The number of anilines is 1. The number of hydrogen-bond donors (Lipinski definition) is 3. The minimum Gasteiger partial charge on any atom is -0.320 e. The first-order valence-electron chi connectivity index (χ1n) is 5.33. The summed E-state index contributed by atoms with van der Waals surface area (Å²) in [6, 6.07) is 3.84. The topological polar surface area (TPSA) is 77.8 Å². The Kier molecular flexibility index (Phi) is 3.38. The summed E-state index contributed by atoms with van der Waals surface area (Å²) in [5.41, 5.74) is 2.47. The third-order valence-corrected chi connectivity index (χ3v) is 3.03. The number of carbonyl (C=O) groups is 1. The molecule has 0 fully saturated rings. The average Bonchev–Trinajstić information content (AvgIpc) is 2.70. The SMILES string of the molecule is Cc1cc(Br)cc(C)c1NC(=O)c1c[nH]c(=O)[nH]1. The summed E-state index contributed by atoms with van der Waals surface area (Å²) in [5.74, 6) is -0.345. The monoisotopic (exact) mass is 309 g/mol. The van der Waals surface area contributed by atoms with Crippen molar-refractivity contribution in [2.24, 2.45) is 0 Å². The molecule has 5 nitrogen and oxygen atoms in total. The van der Waals surface area contributed by atoms with Crippen LogP contribution in [0, 0.1) is 13.8 Å². The first-order chi connectivity index (χ1) is 8.47. The molecule has 6 heteroatoms. The summed E-state index contributed by atoms with van der Waals surface area (Å²) in [6.45, 7) is 3.82. The van der Waals surface area contributed by atoms with Crippen LogP contribution in [0.2, 0.25) is 0 Å². The summed E-state index contributed by atoms with van der Waals surface area (Å²) >= 11 is 3.40. The number of nitrogens with one attached hydrogen (secondary N) is 3. The second kappa shape index (κ2) is 4.81. The van der Waals surface area contributed by atoms with Gasteiger partial charge in [0.05, 0.1) is 0 Å². The molecular formula is C12H12BrN3O2. The van der Waals surface area contributed by atoms with E-state index in [1.807, 2.05) is 26.0 Å². The molecule has 3 N–H and O–H groups in total. The van der Waals surface area contributed by atoms with E-state index in [0.717, 1.165) is 21.3 Å². The number of imidazole rings is 1. The van der Waals surface area contributed by atoms with Crippen molar-refractivity contribution in [3.8, 4) is 0 Å². The van der Waals surface area contributed by atoms with Gasteiger partial charge in [-0.05, 0) is 37.1 Å². The Morgan fingerprint density at radius 3 is 2.39 bits per heavy atom. The number of rotatable bonds is 2. The van der Waals surface area contributed by atoms with Crippen molar-refractivity contribution in [1.82, 2.24) is 9.97 Å². The molecule has 1 aromatic heterocycles. The lowest BCUT2D eigenvalue weighted by Crippen LogP contribution is -2.15. The quantitative estimate of drug-likeness (QED) is 0.796. The number of aryl methyl sites for hydroxylation is 2. The lowest BCUT2D eigenvalue weighted by atomic mass is 10.1. The highest BCUT2D eigenvalue weighted by Gasteiger charge is 2.11. The van der Waals surface area contributed by atoms with Gasteiger partial charge in [0.25, 0.3) is 5.91 Å². The van der Waals surface area contributed by atoms with E-state index >= 15 is 0 Å². The highest BCUT2D eigenvalue weighted by atomic mass is 79.9. The minimum atomic E-state index is -0.399. The van der Waals surface area contributed by atoms with E-state index in [2.05, 4.69) is 31.2 Å². The Bertz CT molecular complexity index is 634. The van der Waals surface area contributed by atoms with E-state index in [0.29, 0.717) is 0 Å². The lowest BCUT2D eigenvalue weighted by molar-refractivity contribution is 0.102. The van der Waals surface area contributed by atoms with Gasteiger partial charge in [-0.3, -0.25) is 4.79 Å². The fourth-order valence-corrected chi connectivity index (χ4v) is 2.43. The lowest BCUT2D eigenvalue weighted by Gasteiger charge is -2.11. The molecule has 18 heavy (non-hydrogen) atoms. The number of carbonyl (C=O) groups excluding carboxylic acids is 1. The molecule has 2 rings (SSSR count). The average molecular weight is 310 g/mol. The minimum absolute atomic E-state index is 0.210. The Balaban J connectivity index is 2.30. The van der Waals surface area contributed by atoms with Crippen molar-refractivity contribution in [1.29, 1.82) is 0 Å². The van der Waals surface area contributed by atoms with Crippen molar-refractivity contribution >= 4 is 27.5 Å². The van der Waals surface area contributed by atoms with Gasteiger partial charge in [0.2, 0.25) is 0 Å². The van der Waals surface area contributed by atoms with Gasteiger partial charge in [-0.15, -0.1) is 0 Å². The standard InChI is InChI=1S/C12H12BrN3O2/c1-6-3-8(13)4-7(2)10(6)16-11(17)9-5-14-12(18)15-9/h3-5H,1-2H3,(H,16,17)(H2,14,15,18). The van der Waals surface area contributed by atoms with E-state index in [4.69, 9.17) is 0 Å². The summed E-state index contributed by atoms with van der Waals surface area (Å²) in [4.78, 5) is 27.6. The maximum absolute atomic E-state index is 11.9. The van der Waals surface area contributed by atoms with Gasteiger partial charge in [-0.25, -0.2) is 4.79 Å². The normalized spacial score (nSPS) is 10.4. The molecule has 0 bridgehead atoms. The molecule has 0 atom stereocenters. The predicted molar refractivity (Wildman–Crippen MR) is 73.0 cm³/mol. The van der Waals surface area contributed by atoms with Crippen molar-refractivity contribution < 1.29 is 4.79 Å². The summed E-state index contributed by atoms with van der Waals surface area (Å²) in [5, 5.41) is 2.79. The van der Waals surface area contributed by atoms with Gasteiger partial charge in [-0.2, -0.15) is 0 Å². The van der Waals surface area contributed by atoms with Crippen molar-refractivity contribution in [3.05, 3.63) is 50.1 Å². The molecule has 1 amide bonds. The third kappa shape index (κ3) is 2.53. The number of amides is 1. The Labute approximate surface area is 112 Å². The van der Waals surface area contributed by atoms with Crippen LogP contribution in [-0.2, 0) is 0 Å². The summed E-state index contributed by atoms with van der Waals surface area (Å²) in [7, 11) is 0. The Morgan fingerprint density at radius 1 is 1.28 bits per heavy atom. The highest BCUT2D eigenvalue weighted by molar-refractivity contribution is 9.10. The zero-order chi connectivity index (χ0) is 13.3. The van der Waals surface area contributed by atoms with Gasteiger partial charge in [0.15, 0.2) is 0 Å². The van der Waals surface area contributed by atoms with E-state index in [1.54, 1.807) is 0 Å². The molecule has 0 saturated carbocycles. The molecule has 1 aromatic carbocycles. The number of hydrogen-bond acceptors (Lipinski definition) is 2. The van der Waals surface area contributed by atoms with Crippen LogP contribution in [0.15, 0.2) is 27.6 Å². The van der Waals surface area contributed by atoms with Crippen LogP contribution in [0.25, 0.3) is 0 Å². The summed E-state index contributed by atoms with van der Waals surface area (Å²) < 4.78 is 0.963. The molecule has 0 unspecified atom stereocenters. The second-order valence-electron chi connectivity index (χ2n) is 4.03. The molecular weight excluding hydrogens is 298 g/mol. The van der Waals surface area contributed by atoms with Crippen molar-refractivity contribution in [3.63, 3.8) is 0 Å². The van der Waals surface area contributed by atoms with Crippen LogP contribution in [0.3, 0.4) is 0 Å². The molecule has 0 spiro atoms. The Hall–Kier alpha value is -1.82. The van der Waals surface area contributed by atoms with Crippen LogP contribution in [0.4, 0.5) is 5.69 Å². The molecule has 0 aliphatic heterocycles. The fourth-order valence-electron chi connectivity index (χ4n) is 1.74. The van der Waals surface area contributed by atoms with E-state index < -0.39 is 5.69 Å². The van der Waals surface area contributed by atoms with Crippen molar-refractivity contribution in [2.75, 3.05) is 5.32 Å². The van der Waals surface area contributed by atoms with Crippen LogP contribution in [0.1, 0.15) is 21.6 Å². The van der Waals surface area contributed by atoms with Gasteiger partial charge in [0.1, 0.15) is 5.69 Å². The summed E-state index contributed by atoms with van der Waals surface area (Å²) in [6.07, 6.45) is 1.35. The first kappa shape index (κ1) is 12.6. The largest absolute Gasteiger partial charge is 0.323 e. The van der Waals surface area contributed by atoms with Gasteiger partial charge >= 0.3 is 5.69 Å². The molecule has 2 aromatic rings. The molecule has 0 radical (unpaired) electrons. The van der Waals surface area contributed by atoms with Gasteiger partial charge in [0, 0.05) is 16.4 Å². The number of H-pyrrole nitrogens is 2. The second-order valence-corrected chi connectivity index (χ2v) is 4.94. The number of aromatic amines is 2. The predicted octanol–water partition coefficient (Wildman–Crippen LogP) is 2.33. The van der Waals surface area contributed by atoms with Crippen LogP contribution < -0.4 is 11.0 Å². The number of aromatic nitrogens is 2. The third-order valence-electron chi connectivity index (χ3n) is 2.58. The van der Waals surface area contributed by atoms with Crippen LogP contribution in [-0.4, -0.2) is 15.9 Å². The zero-order valence-electron chi connectivity index (χ0n) is 9.93. The molecule has 1 heterocycles. The fraction of sp³-hybridized carbons (Fsp3) is 0.167. The van der Waals surface area contributed by atoms with E-state index in [-0.39, 0.29) is 11.6 Å². The molecule has 0 aliphatic rings. The van der Waals surface area contributed by atoms with Gasteiger partial charge in [-0.1, -0.05) is 15.9 Å². The molecule has 0 saturated heterocycles. The first-order valence-corrected chi connectivity index (χ1v) is 6.12. The highest BCUT2D eigenvalue weighted by Crippen LogP contribution is 2.25. The number of halogens is 1.